The van der Waals surface area contributed by atoms with Gasteiger partial charge in [0, 0.05) is 6.20 Å². The summed E-state index contributed by atoms with van der Waals surface area (Å²) in [6, 6.07) is 1.43. The lowest BCUT2D eigenvalue weighted by Crippen LogP contribution is -2.17. The third-order valence-electron chi connectivity index (χ3n) is 1.65. The number of hydrogen-bond donors (Lipinski definition) is 1. The monoisotopic (exact) mass is 311 g/mol. The second-order valence-corrected chi connectivity index (χ2v) is 4.91. The molecule has 5 nitrogen and oxygen atoms in total. The summed E-state index contributed by atoms with van der Waals surface area (Å²) in [5.41, 5.74) is -1.46. The first-order chi connectivity index (χ1) is 7.29. The molecular weight excluding hydrogens is 308 g/mol. The average molecular weight is 312 g/mol. The SMILES string of the molecule is N#Cc1cnc(Br)c(S(N)(=O)=O)c1C(F)F. The fraction of sp³-hybridized carbons (Fsp3) is 0.143. The molecule has 0 fully saturated rings. The highest BCUT2D eigenvalue weighted by Gasteiger charge is 2.27. The van der Waals surface area contributed by atoms with E-state index in [0.717, 1.165) is 6.20 Å². The molecule has 1 aromatic rings. The fourth-order valence-electron chi connectivity index (χ4n) is 1.06. The maximum absolute atomic E-state index is 12.7. The van der Waals surface area contributed by atoms with Crippen molar-refractivity contribution >= 4 is 26.0 Å². The molecule has 0 radical (unpaired) electrons. The molecule has 1 rings (SSSR count). The smallest absolute Gasteiger partial charge is 0.247 e. The number of halogens is 3. The molecule has 0 saturated heterocycles. The van der Waals surface area contributed by atoms with Crippen LogP contribution in [0.3, 0.4) is 0 Å². The van der Waals surface area contributed by atoms with Crippen LogP contribution in [0.5, 0.6) is 0 Å². The Bertz CT molecular complexity index is 568. The van der Waals surface area contributed by atoms with Crippen molar-refractivity contribution in [1.82, 2.24) is 4.98 Å². The molecular formula is C7H4BrF2N3O2S. The van der Waals surface area contributed by atoms with Gasteiger partial charge in [0.25, 0.3) is 6.43 Å². The van der Waals surface area contributed by atoms with Crippen LogP contribution in [-0.2, 0) is 10.0 Å². The molecule has 1 aromatic heterocycles. The summed E-state index contributed by atoms with van der Waals surface area (Å²) >= 11 is 2.70. The van der Waals surface area contributed by atoms with Crippen LogP contribution in [0, 0.1) is 11.3 Å². The highest BCUT2D eigenvalue weighted by molar-refractivity contribution is 9.10. The fourth-order valence-corrected chi connectivity index (χ4v) is 2.85. The van der Waals surface area contributed by atoms with E-state index in [0.29, 0.717) is 0 Å². The van der Waals surface area contributed by atoms with Gasteiger partial charge in [-0.2, -0.15) is 5.26 Å². The highest BCUT2D eigenvalue weighted by Crippen LogP contribution is 2.32. The molecule has 9 heteroatoms. The molecule has 1 heterocycles. The van der Waals surface area contributed by atoms with E-state index in [9.17, 15) is 17.2 Å². The van der Waals surface area contributed by atoms with Crippen LogP contribution >= 0.6 is 15.9 Å². The first-order valence-corrected chi connectivity index (χ1v) is 6.02. The zero-order valence-corrected chi connectivity index (χ0v) is 9.89. The van der Waals surface area contributed by atoms with Crippen LogP contribution in [0.4, 0.5) is 8.78 Å². The Morgan fingerprint density at radius 2 is 2.12 bits per heavy atom. The second kappa shape index (κ2) is 4.40. The number of pyridine rings is 1. The van der Waals surface area contributed by atoms with Crippen LogP contribution in [0.25, 0.3) is 0 Å². The number of nitrogens with zero attached hydrogens (tertiary/aromatic N) is 2. The summed E-state index contributed by atoms with van der Waals surface area (Å²) in [6.07, 6.45) is -2.29. The Hall–Kier alpha value is -1.11. The van der Waals surface area contributed by atoms with Crippen molar-refractivity contribution in [2.75, 3.05) is 0 Å². The molecule has 0 aromatic carbocycles. The van der Waals surface area contributed by atoms with Gasteiger partial charge in [0.1, 0.15) is 15.6 Å². The zero-order valence-electron chi connectivity index (χ0n) is 7.49. The van der Waals surface area contributed by atoms with E-state index in [1.807, 2.05) is 0 Å². The van der Waals surface area contributed by atoms with Crippen molar-refractivity contribution in [1.29, 1.82) is 5.26 Å². The van der Waals surface area contributed by atoms with E-state index < -0.39 is 32.5 Å². The van der Waals surface area contributed by atoms with Gasteiger partial charge in [-0.3, -0.25) is 0 Å². The number of hydrogen-bond acceptors (Lipinski definition) is 4. The van der Waals surface area contributed by atoms with Crippen molar-refractivity contribution in [3.05, 3.63) is 21.9 Å². The number of nitrogens with two attached hydrogens (primary N) is 1. The lowest BCUT2D eigenvalue weighted by atomic mass is 10.1. The maximum Gasteiger partial charge on any atom is 0.266 e. The third-order valence-corrected chi connectivity index (χ3v) is 3.50. The number of nitriles is 1. The maximum atomic E-state index is 12.7. The molecule has 0 atom stereocenters. The van der Waals surface area contributed by atoms with E-state index in [4.69, 9.17) is 10.4 Å². The second-order valence-electron chi connectivity index (χ2n) is 2.66. The van der Waals surface area contributed by atoms with Gasteiger partial charge < -0.3 is 0 Å². The lowest BCUT2D eigenvalue weighted by molar-refractivity contribution is 0.147. The summed E-state index contributed by atoms with van der Waals surface area (Å²) in [5.74, 6) is 0. The minimum atomic E-state index is -4.38. The topological polar surface area (TPSA) is 96.8 Å². The van der Waals surface area contributed by atoms with Crippen molar-refractivity contribution in [3.63, 3.8) is 0 Å². The van der Waals surface area contributed by atoms with Crippen molar-refractivity contribution in [2.24, 2.45) is 5.14 Å². The van der Waals surface area contributed by atoms with E-state index in [1.165, 1.54) is 6.07 Å². The molecule has 0 aliphatic heterocycles. The van der Waals surface area contributed by atoms with Gasteiger partial charge in [0.15, 0.2) is 0 Å². The molecule has 0 aliphatic rings. The number of primary sulfonamides is 1. The molecule has 16 heavy (non-hydrogen) atoms. The molecule has 0 saturated carbocycles. The van der Waals surface area contributed by atoms with Gasteiger partial charge in [-0.25, -0.2) is 27.3 Å². The van der Waals surface area contributed by atoms with Gasteiger partial charge >= 0.3 is 0 Å². The predicted molar refractivity (Wildman–Crippen MR) is 53.0 cm³/mol. The van der Waals surface area contributed by atoms with Gasteiger partial charge in [0.2, 0.25) is 10.0 Å². The van der Waals surface area contributed by atoms with Crippen LogP contribution in [-0.4, -0.2) is 13.4 Å². The largest absolute Gasteiger partial charge is 0.266 e. The van der Waals surface area contributed by atoms with Crippen molar-refractivity contribution in [3.8, 4) is 6.07 Å². The van der Waals surface area contributed by atoms with Crippen molar-refractivity contribution in [2.45, 2.75) is 11.3 Å². The Morgan fingerprint density at radius 1 is 1.56 bits per heavy atom. The average Bonchev–Trinajstić information content (AvgIpc) is 2.15. The van der Waals surface area contributed by atoms with Crippen LogP contribution < -0.4 is 5.14 Å². The summed E-state index contributed by atoms with van der Waals surface area (Å²) < 4.78 is 47.2. The molecule has 0 aliphatic carbocycles. The molecule has 86 valence electrons. The minimum Gasteiger partial charge on any atom is -0.247 e. The number of rotatable bonds is 2. The van der Waals surface area contributed by atoms with Crippen LogP contribution in [0.15, 0.2) is 15.7 Å². The van der Waals surface area contributed by atoms with Crippen molar-refractivity contribution < 1.29 is 17.2 Å². The van der Waals surface area contributed by atoms with E-state index in [-0.39, 0.29) is 4.60 Å². The number of aromatic nitrogens is 1. The Labute approximate surface area is 98.1 Å². The minimum absolute atomic E-state index is 0.343. The lowest BCUT2D eigenvalue weighted by Gasteiger charge is -2.09. The third kappa shape index (κ3) is 2.34. The van der Waals surface area contributed by atoms with Crippen LogP contribution in [0.1, 0.15) is 17.6 Å². The zero-order chi connectivity index (χ0) is 12.5. The van der Waals surface area contributed by atoms with Crippen LogP contribution in [0.2, 0.25) is 0 Å². The summed E-state index contributed by atoms with van der Waals surface area (Å²) in [6.45, 7) is 0. The number of sulfonamides is 1. The van der Waals surface area contributed by atoms with Gasteiger partial charge in [-0.15, -0.1) is 0 Å². The van der Waals surface area contributed by atoms with Gasteiger partial charge in [-0.1, -0.05) is 0 Å². The Balaban J connectivity index is 3.78. The molecule has 0 amide bonds. The highest BCUT2D eigenvalue weighted by atomic mass is 79.9. The van der Waals surface area contributed by atoms with E-state index in [1.54, 1.807) is 0 Å². The molecule has 0 unspecified atom stereocenters. The standard InChI is InChI=1S/C7H4BrF2N3O2S/c8-6-5(16(12,14)15)4(7(9)10)3(1-11)2-13-6/h2,7H,(H2,12,14,15). The number of alkyl halides is 2. The van der Waals surface area contributed by atoms with E-state index >= 15 is 0 Å². The summed E-state index contributed by atoms with van der Waals surface area (Å²) in [7, 11) is -4.38. The van der Waals surface area contributed by atoms with Gasteiger partial charge in [-0.05, 0) is 15.9 Å². The quantitative estimate of drug-likeness (QED) is 0.832. The predicted octanol–water partition coefficient (Wildman–Crippen LogP) is 1.30. The Morgan fingerprint density at radius 3 is 2.50 bits per heavy atom. The van der Waals surface area contributed by atoms with Gasteiger partial charge in [0.05, 0.1) is 11.1 Å². The first-order valence-electron chi connectivity index (χ1n) is 3.68. The molecule has 0 spiro atoms. The Kier molecular flexibility index (Phi) is 3.57. The summed E-state index contributed by atoms with van der Waals surface area (Å²) in [4.78, 5) is 2.60. The molecule has 0 bridgehead atoms. The normalized spacial score (nSPS) is 11.5. The summed E-state index contributed by atoms with van der Waals surface area (Å²) in [5, 5.41) is 13.4. The first kappa shape index (κ1) is 13.0. The molecule has 2 N–H and O–H groups in total. The van der Waals surface area contributed by atoms with E-state index in [2.05, 4.69) is 20.9 Å².